The number of β-amino-alcohol motifs (C(OH)–C–C–N with tert-alkyl or cyclic N) is 1. The van der Waals surface area contributed by atoms with Crippen LogP contribution in [0.5, 0.6) is 0 Å². The van der Waals surface area contributed by atoms with Gasteiger partial charge in [-0.05, 0) is 57.5 Å². The molecule has 4 aliphatic rings. The van der Waals surface area contributed by atoms with Crippen LogP contribution in [0.15, 0.2) is 0 Å². The molecule has 4 rings (SSSR count). The van der Waals surface area contributed by atoms with Crippen molar-refractivity contribution in [1.29, 1.82) is 0 Å². The van der Waals surface area contributed by atoms with Gasteiger partial charge < -0.3 is 19.5 Å². The van der Waals surface area contributed by atoms with Crippen molar-refractivity contribution in [3.63, 3.8) is 0 Å². The Labute approximate surface area is 171 Å². The van der Waals surface area contributed by atoms with Gasteiger partial charge >= 0.3 is 0 Å². The molecular formula is C23H42N2O3. The lowest BCUT2D eigenvalue weighted by Crippen LogP contribution is -2.52. The second kappa shape index (κ2) is 10.2. The van der Waals surface area contributed by atoms with Gasteiger partial charge in [0.05, 0.1) is 31.0 Å². The molecule has 0 amide bonds. The summed E-state index contributed by atoms with van der Waals surface area (Å²) in [4.78, 5) is 5.07. The first-order valence-electron chi connectivity index (χ1n) is 12.1. The Morgan fingerprint density at radius 2 is 1.71 bits per heavy atom. The molecule has 4 fully saturated rings. The molecule has 0 aromatic rings. The van der Waals surface area contributed by atoms with E-state index in [1.807, 2.05) is 0 Å². The molecule has 5 heteroatoms. The standard InChI is InChI=1S/C23H42N2O3/c26-21(17-24-12-6-1-7-13-24)18-27-22-9-3-2-8-20(22)16-25-14-15-28-23(19-25)10-4-5-11-23/h20-22,26H,1-19H2. The average molecular weight is 395 g/mol. The van der Waals surface area contributed by atoms with E-state index in [4.69, 9.17) is 9.47 Å². The third kappa shape index (κ3) is 5.69. The zero-order valence-electron chi connectivity index (χ0n) is 17.8. The Hall–Kier alpha value is -0.200. The monoisotopic (exact) mass is 394 g/mol. The topological polar surface area (TPSA) is 45.2 Å². The molecular weight excluding hydrogens is 352 g/mol. The minimum absolute atomic E-state index is 0.161. The lowest BCUT2D eigenvalue weighted by molar-refractivity contribution is -0.117. The van der Waals surface area contributed by atoms with Gasteiger partial charge in [-0.25, -0.2) is 0 Å². The van der Waals surface area contributed by atoms with Gasteiger partial charge in [0.15, 0.2) is 0 Å². The van der Waals surface area contributed by atoms with E-state index in [0.717, 1.165) is 52.3 Å². The minimum Gasteiger partial charge on any atom is -0.389 e. The Morgan fingerprint density at radius 1 is 0.929 bits per heavy atom. The summed E-state index contributed by atoms with van der Waals surface area (Å²) in [6, 6.07) is 0. The smallest absolute Gasteiger partial charge is 0.0900 e. The lowest BCUT2D eigenvalue weighted by Gasteiger charge is -2.43. The molecule has 5 nitrogen and oxygen atoms in total. The van der Waals surface area contributed by atoms with Crippen LogP contribution < -0.4 is 0 Å². The molecule has 2 aliphatic heterocycles. The largest absolute Gasteiger partial charge is 0.389 e. The van der Waals surface area contributed by atoms with Gasteiger partial charge in [-0.15, -0.1) is 0 Å². The Morgan fingerprint density at radius 3 is 2.54 bits per heavy atom. The average Bonchev–Trinajstić information content (AvgIpc) is 3.15. The van der Waals surface area contributed by atoms with Crippen LogP contribution >= 0.6 is 0 Å². The number of morpholine rings is 1. The molecule has 0 bridgehead atoms. The van der Waals surface area contributed by atoms with Crippen LogP contribution in [0.3, 0.4) is 0 Å². The number of rotatable bonds is 7. The summed E-state index contributed by atoms with van der Waals surface area (Å²) in [6.07, 6.45) is 14.1. The fraction of sp³-hybridized carbons (Fsp3) is 1.00. The fourth-order valence-electron chi connectivity index (χ4n) is 6.06. The zero-order valence-corrected chi connectivity index (χ0v) is 17.8. The van der Waals surface area contributed by atoms with Crippen molar-refractivity contribution < 1.29 is 14.6 Å². The molecule has 1 spiro atoms. The molecule has 162 valence electrons. The summed E-state index contributed by atoms with van der Waals surface area (Å²) in [7, 11) is 0. The van der Waals surface area contributed by atoms with Crippen LogP contribution in [0.1, 0.15) is 70.6 Å². The highest BCUT2D eigenvalue weighted by molar-refractivity contribution is 4.93. The van der Waals surface area contributed by atoms with E-state index in [1.165, 1.54) is 64.2 Å². The zero-order chi connectivity index (χ0) is 19.2. The summed E-state index contributed by atoms with van der Waals surface area (Å²) < 4.78 is 12.5. The first kappa shape index (κ1) is 21.0. The highest BCUT2D eigenvalue weighted by atomic mass is 16.5. The SMILES string of the molecule is OC(COC1CCCCC1CN1CCOC2(CCCC2)C1)CN1CCCCC1. The summed E-state index contributed by atoms with van der Waals surface area (Å²) in [5, 5.41) is 10.5. The second-order valence-corrected chi connectivity index (χ2v) is 9.91. The maximum Gasteiger partial charge on any atom is 0.0900 e. The van der Waals surface area contributed by atoms with E-state index in [9.17, 15) is 5.11 Å². The van der Waals surface area contributed by atoms with Gasteiger partial charge in [-0.1, -0.05) is 32.1 Å². The first-order chi connectivity index (χ1) is 13.7. The molecule has 2 saturated carbocycles. The minimum atomic E-state index is -0.342. The summed E-state index contributed by atoms with van der Waals surface area (Å²) in [5.74, 6) is 0.618. The van der Waals surface area contributed by atoms with Crippen LogP contribution in [-0.2, 0) is 9.47 Å². The highest BCUT2D eigenvalue weighted by Gasteiger charge is 2.40. The number of hydrogen-bond acceptors (Lipinski definition) is 5. The van der Waals surface area contributed by atoms with E-state index in [-0.39, 0.29) is 11.7 Å². The summed E-state index contributed by atoms with van der Waals surface area (Å²) >= 11 is 0. The van der Waals surface area contributed by atoms with Gasteiger partial charge in [0.2, 0.25) is 0 Å². The number of piperidine rings is 1. The molecule has 0 aromatic heterocycles. The van der Waals surface area contributed by atoms with Gasteiger partial charge in [-0.3, -0.25) is 4.90 Å². The van der Waals surface area contributed by atoms with Crippen molar-refractivity contribution in [2.45, 2.75) is 88.4 Å². The normalized spacial score (nSPS) is 33.3. The van der Waals surface area contributed by atoms with Crippen molar-refractivity contribution in [3.05, 3.63) is 0 Å². The Balaban J connectivity index is 1.23. The lowest BCUT2D eigenvalue weighted by atomic mass is 9.85. The molecule has 1 N–H and O–H groups in total. The number of ether oxygens (including phenoxy) is 2. The van der Waals surface area contributed by atoms with Crippen LogP contribution in [0, 0.1) is 5.92 Å². The van der Waals surface area contributed by atoms with E-state index in [2.05, 4.69) is 9.80 Å². The molecule has 2 aliphatic carbocycles. The summed E-state index contributed by atoms with van der Waals surface area (Å²) in [6.45, 7) is 7.80. The maximum atomic E-state index is 10.5. The molecule has 0 aromatic carbocycles. The van der Waals surface area contributed by atoms with E-state index in [1.54, 1.807) is 0 Å². The van der Waals surface area contributed by atoms with Gasteiger partial charge in [0.25, 0.3) is 0 Å². The highest BCUT2D eigenvalue weighted by Crippen LogP contribution is 2.37. The third-order valence-corrected chi connectivity index (χ3v) is 7.59. The van der Waals surface area contributed by atoms with Crippen molar-refractivity contribution in [2.24, 2.45) is 5.92 Å². The first-order valence-corrected chi connectivity index (χ1v) is 12.1. The van der Waals surface area contributed by atoms with Crippen molar-refractivity contribution in [2.75, 3.05) is 52.5 Å². The Bertz CT molecular complexity index is 463. The molecule has 2 heterocycles. The molecule has 0 radical (unpaired) electrons. The van der Waals surface area contributed by atoms with Crippen LogP contribution in [-0.4, -0.2) is 85.2 Å². The maximum absolute atomic E-state index is 10.5. The number of likely N-dealkylation sites (tertiary alicyclic amines) is 1. The van der Waals surface area contributed by atoms with Crippen molar-refractivity contribution in [3.8, 4) is 0 Å². The van der Waals surface area contributed by atoms with Gasteiger partial charge in [-0.2, -0.15) is 0 Å². The quantitative estimate of drug-likeness (QED) is 0.719. The number of nitrogens with zero attached hydrogens (tertiary/aromatic N) is 2. The predicted octanol–water partition coefficient (Wildman–Crippen LogP) is 3.05. The number of hydrogen-bond donors (Lipinski definition) is 1. The molecule has 3 atom stereocenters. The predicted molar refractivity (Wildman–Crippen MR) is 112 cm³/mol. The van der Waals surface area contributed by atoms with Gasteiger partial charge in [0.1, 0.15) is 0 Å². The van der Waals surface area contributed by atoms with Crippen molar-refractivity contribution >= 4 is 0 Å². The third-order valence-electron chi connectivity index (χ3n) is 7.59. The summed E-state index contributed by atoms with van der Waals surface area (Å²) in [5.41, 5.74) is 0.161. The number of aliphatic hydroxyl groups is 1. The fourth-order valence-corrected chi connectivity index (χ4v) is 6.06. The van der Waals surface area contributed by atoms with Crippen molar-refractivity contribution in [1.82, 2.24) is 9.80 Å². The molecule has 3 unspecified atom stereocenters. The van der Waals surface area contributed by atoms with Gasteiger partial charge in [0, 0.05) is 26.2 Å². The van der Waals surface area contributed by atoms with E-state index < -0.39 is 0 Å². The molecule has 2 saturated heterocycles. The van der Waals surface area contributed by atoms with Crippen LogP contribution in [0.25, 0.3) is 0 Å². The van der Waals surface area contributed by atoms with Crippen LogP contribution in [0.2, 0.25) is 0 Å². The Kier molecular flexibility index (Phi) is 7.67. The molecule has 28 heavy (non-hydrogen) atoms. The second-order valence-electron chi connectivity index (χ2n) is 9.91. The van der Waals surface area contributed by atoms with E-state index in [0.29, 0.717) is 18.6 Å². The number of aliphatic hydroxyl groups excluding tert-OH is 1. The van der Waals surface area contributed by atoms with Crippen LogP contribution in [0.4, 0.5) is 0 Å². The van der Waals surface area contributed by atoms with E-state index >= 15 is 0 Å².